The van der Waals surface area contributed by atoms with E-state index in [0.717, 1.165) is 26.1 Å². The summed E-state index contributed by atoms with van der Waals surface area (Å²) >= 11 is 9.31. The molecule has 0 aliphatic carbocycles. The van der Waals surface area contributed by atoms with Gasteiger partial charge in [0.15, 0.2) is 0 Å². The minimum Gasteiger partial charge on any atom is -0.206 e. The molecule has 2 aromatic carbocycles. The maximum absolute atomic E-state index is 5.96. The number of rotatable bonds is 3. The van der Waals surface area contributed by atoms with E-state index in [1.165, 1.54) is 4.21 Å². The van der Waals surface area contributed by atoms with Crippen LogP contribution in [0.5, 0.6) is 0 Å². The second kappa shape index (κ2) is 5.76. The van der Waals surface area contributed by atoms with Crippen molar-refractivity contribution in [2.45, 2.75) is 9.10 Å². The Bertz CT molecular complexity index is 914. The zero-order chi connectivity index (χ0) is 14.9. The molecule has 0 spiro atoms. The van der Waals surface area contributed by atoms with E-state index < -0.39 is 0 Å². The van der Waals surface area contributed by atoms with Crippen molar-refractivity contribution in [1.82, 2.24) is 14.6 Å². The molecule has 22 heavy (non-hydrogen) atoms. The molecule has 0 amide bonds. The molecule has 108 valence electrons. The summed E-state index contributed by atoms with van der Waals surface area (Å²) in [7, 11) is 0. The molecule has 0 saturated heterocycles. The fourth-order valence-electron chi connectivity index (χ4n) is 2.19. The predicted molar refractivity (Wildman–Crippen MR) is 91.9 cm³/mol. The van der Waals surface area contributed by atoms with Crippen molar-refractivity contribution in [1.29, 1.82) is 0 Å². The van der Waals surface area contributed by atoms with Crippen LogP contribution < -0.4 is 0 Å². The van der Waals surface area contributed by atoms with Crippen molar-refractivity contribution in [2.24, 2.45) is 0 Å². The number of hydrogen-bond acceptors (Lipinski definition) is 4. The number of benzene rings is 2. The molecule has 4 rings (SSSR count). The Morgan fingerprint density at radius 3 is 2.55 bits per heavy atom. The van der Waals surface area contributed by atoms with Gasteiger partial charge in [0.05, 0.1) is 9.90 Å². The van der Waals surface area contributed by atoms with Crippen molar-refractivity contribution < 1.29 is 0 Å². The average Bonchev–Trinajstić information content (AvgIpc) is 3.11. The van der Waals surface area contributed by atoms with Crippen molar-refractivity contribution >= 4 is 39.7 Å². The van der Waals surface area contributed by atoms with Crippen LogP contribution in [0.25, 0.3) is 16.2 Å². The van der Waals surface area contributed by atoms with Crippen LogP contribution in [-0.4, -0.2) is 14.6 Å². The van der Waals surface area contributed by atoms with Gasteiger partial charge < -0.3 is 0 Å². The Morgan fingerprint density at radius 1 is 1.00 bits per heavy atom. The quantitative estimate of drug-likeness (QED) is 0.508. The lowest BCUT2D eigenvalue weighted by Gasteiger charge is -2.04. The topological polar surface area (TPSA) is 30.2 Å². The number of aromatic nitrogens is 3. The first kappa shape index (κ1) is 13.8. The predicted octanol–water partition coefficient (Wildman–Crippen LogP) is 5.26. The highest BCUT2D eigenvalue weighted by Crippen LogP contribution is 2.41. The van der Waals surface area contributed by atoms with Gasteiger partial charge in [-0.25, -0.2) is 9.50 Å². The van der Waals surface area contributed by atoms with Crippen molar-refractivity contribution in [3.63, 3.8) is 0 Å². The Labute approximate surface area is 140 Å². The monoisotopic (exact) mass is 343 g/mol. The summed E-state index contributed by atoms with van der Waals surface area (Å²) in [4.78, 5) is 6.36. The first-order valence-corrected chi connectivity index (χ1v) is 8.64. The van der Waals surface area contributed by atoms with Crippen LogP contribution in [0, 0.1) is 0 Å². The van der Waals surface area contributed by atoms with Gasteiger partial charge in [-0.15, -0.1) is 0 Å². The fourth-order valence-corrected chi connectivity index (χ4v) is 4.57. The molecule has 0 saturated carbocycles. The van der Waals surface area contributed by atoms with Crippen LogP contribution in [0.4, 0.5) is 0 Å². The lowest BCUT2D eigenvalue weighted by Crippen LogP contribution is -1.89. The Morgan fingerprint density at radius 2 is 1.77 bits per heavy atom. The zero-order valence-electron chi connectivity index (χ0n) is 11.3. The molecule has 0 bridgehead atoms. The molecule has 0 N–H and O–H groups in total. The van der Waals surface area contributed by atoms with Crippen LogP contribution in [0.15, 0.2) is 70.0 Å². The standard InChI is InChI=1S/C16H10ClN3S2/c17-12-6-8-13(9-7-12)21-15-14(11-4-2-1-3-5-11)20-16(22-15)18-10-19-20/h1-10H. The third kappa shape index (κ3) is 2.52. The Hall–Kier alpha value is -1.82. The van der Waals surface area contributed by atoms with E-state index in [9.17, 15) is 0 Å². The minimum absolute atomic E-state index is 0.746. The number of hydrogen-bond donors (Lipinski definition) is 0. The molecule has 4 aromatic rings. The van der Waals surface area contributed by atoms with Gasteiger partial charge >= 0.3 is 0 Å². The highest BCUT2D eigenvalue weighted by atomic mass is 35.5. The molecule has 6 heteroatoms. The molecule has 2 heterocycles. The number of thiazole rings is 1. The van der Waals surface area contributed by atoms with E-state index in [1.54, 1.807) is 29.4 Å². The van der Waals surface area contributed by atoms with Crippen LogP contribution in [0.2, 0.25) is 5.02 Å². The maximum Gasteiger partial charge on any atom is 0.213 e. The molecule has 0 atom stereocenters. The summed E-state index contributed by atoms with van der Waals surface area (Å²) in [6.45, 7) is 0. The van der Waals surface area contributed by atoms with E-state index in [-0.39, 0.29) is 0 Å². The molecule has 0 unspecified atom stereocenters. The van der Waals surface area contributed by atoms with Gasteiger partial charge in [-0.05, 0) is 24.3 Å². The number of halogens is 1. The van der Waals surface area contributed by atoms with Crippen LogP contribution >= 0.6 is 34.7 Å². The van der Waals surface area contributed by atoms with E-state index in [1.807, 2.05) is 47.0 Å². The Kier molecular flexibility index (Phi) is 3.62. The van der Waals surface area contributed by atoms with Crippen LogP contribution in [0.3, 0.4) is 0 Å². The van der Waals surface area contributed by atoms with Crippen molar-refractivity contribution in [2.75, 3.05) is 0 Å². The zero-order valence-corrected chi connectivity index (χ0v) is 13.7. The molecule has 0 fully saturated rings. The van der Waals surface area contributed by atoms with Gasteiger partial charge in [-0.1, -0.05) is 65.0 Å². The van der Waals surface area contributed by atoms with Gasteiger partial charge in [0.1, 0.15) is 6.33 Å². The summed E-state index contributed by atoms with van der Waals surface area (Å²) in [6.07, 6.45) is 1.59. The highest BCUT2D eigenvalue weighted by Gasteiger charge is 2.16. The molecule has 0 radical (unpaired) electrons. The average molecular weight is 344 g/mol. The number of fused-ring (bicyclic) bond motifs is 1. The lowest BCUT2D eigenvalue weighted by molar-refractivity contribution is 0.974. The molecule has 0 aliphatic rings. The second-order valence-electron chi connectivity index (χ2n) is 4.61. The van der Waals surface area contributed by atoms with E-state index in [4.69, 9.17) is 11.6 Å². The lowest BCUT2D eigenvalue weighted by atomic mass is 10.2. The largest absolute Gasteiger partial charge is 0.213 e. The molecule has 0 aliphatic heterocycles. The maximum atomic E-state index is 5.96. The summed E-state index contributed by atoms with van der Waals surface area (Å²) < 4.78 is 3.07. The fraction of sp³-hybridized carbons (Fsp3) is 0. The van der Waals surface area contributed by atoms with Crippen LogP contribution in [-0.2, 0) is 0 Å². The van der Waals surface area contributed by atoms with Gasteiger partial charge in [-0.2, -0.15) is 5.10 Å². The molecular formula is C16H10ClN3S2. The second-order valence-corrected chi connectivity index (χ2v) is 7.37. The summed E-state index contributed by atoms with van der Waals surface area (Å²) in [5.41, 5.74) is 2.22. The van der Waals surface area contributed by atoms with Crippen molar-refractivity contribution in [3.8, 4) is 11.3 Å². The SMILES string of the molecule is Clc1ccc(Sc2sc3ncnn3c2-c2ccccc2)cc1. The molecule has 2 aromatic heterocycles. The minimum atomic E-state index is 0.746. The first-order valence-electron chi connectivity index (χ1n) is 6.62. The summed E-state index contributed by atoms with van der Waals surface area (Å²) in [6, 6.07) is 18.1. The van der Waals surface area contributed by atoms with Gasteiger partial charge in [-0.3, -0.25) is 0 Å². The van der Waals surface area contributed by atoms with Gasteiger partial charge in [0.25, 0.3) is 0 Å². The Balaban J connectivity index is 1.83. The highest BCUT2D eigenvalue weighted by molar-refractivity contribution is 8.01. The normalized spacial score (nSPS) is 11.1. The summed E-state index contributed by atoms with van der Waals surface area (Å²) in [5.74, 6) is 0. The summed E-state index contributed by atoms with van der Waals surface area (Å²) in [5, 5.41) is 5.10. The smallest absolute Gasteiger partial charge is 0.206 e. The van der Waals surface area contributed by atoms with Gasteiger partial charge in [0, 0.05) is 15.5 Å². The number of nitrogens with zero attached hydrogens (tertiary/aromatic N) is 3. The first-order chi connectivity index (χ1) is 10.8. The third-order valence-corrected chi connectivity index (χ3v) is 5.66. The van der Waals surface area contributed by atoms with E-state index >= 15 is 0 Å². The van der Waals surface area contributed by atoms with Crippen molar-refractivity contribution in [3.05, 3.63) is 65.9 Å². The molecular weight excluding hydrogens is 334 g/mol. The van der Waals surface area contributed by atoms with E-state index in [0.29, 0.717) is 0 Å². The van der Waals surface area contributed by atoms with E-state index in [2.05, 4.69) is 22.2 Å². The molecule has 3 nitrogen and oxygen atoms in total. The third-order valence-electron chi connectivity index (χ3n) is 3.18. The van der Waals surface area contributed by atoms with Gasteiger partial charge in [0.2, 0.25) is 4.96 Å². The van der Waals surface area contributed by atoms with Crippen LogP contribution in [0.1, 0.15) is 0 Å².